The highest BCUT2D eigenvalue weighted by Crippen LogP contribution is 2.36. The standard InChI is InChI=1S/C19H18N2O4/c20-17(22)8-7-16(19(24)25)21-18(23)12-5-6-15-13(10-12)9-11-3-1-2-4-14(11)15/h1-6,10,16H,7-9H2,(H2,20,22)(H,21,23)(H,24,25)/t16-/m0/s1. The molecule has 0 aromatic heterocycles. The van der Waals surface area contributed by atoms with Crippen LogP contribution >= 0.6 is 0 Å². The van der Waals surface area contributed by atoms with Crippen molar-refractivity contribution in [1.82, 2.24) is 5.32 Å². The summed E-state index contributed by atoms with van der Waals surface area (Å²) in [6, 6.07) is 12.3. The van der Waals surface area contributed by atoms with Crippen molar-refractivity contribution in [3.63, 3.8) is 0 Å². The Labute approximate surface area is 144 Å². The van der Waals surface area contributed by atoms with Crippen LogP contribution in [0.5, 0.6) is 0 Å². The van der Waals surface area contributed by atoms with Crippen LogP contribution in [-0.4, -0.2) is 28.9 Å². The van der Waals surface area contributed by atoms with Gasteiger partial charge in [0.25, 0.3) is 5.91 Å². The molecular formula is C19H18N2O4. The molecule has 0 heterocycles. The zero-order valence-electron chi connectivity index (χ0n) is 13.5. The van der Waals surface area contributed by atoms with Gasteiger partial charge in [-0.25, -0.2) is 4.79 Å². The molecule has 0 bridgehead atoms. The number of rotatable bonds is 6. The van der Waals surface area contributed by atoms with Crippen molar-refractivity contribution in [2.75, 3.05) is 0 Å². The molecular weight excluding hydrogens is 320 g/mol. The molecule has 0 saturated carbocycles. The molecule has 0 aliphatic heterocycles. The summed E-state index contributed by atoms with van der Waals surface area (Å²) in [5.41, 5.74) is 9.94. The van der Waals surface area contributed by atoms with Crippen molar-refractivity contribution in [1.29, 1.82) is 0 Å². The Hall–Kier alpha value is -3.15. The number of fused-ring (bicyclic) bond motifs is 3. The summed E-state index contributed by atoms with van der Waals surface area (Å²) in [6.45, 7) is 0. The Morgan fingerprint density at radius 3 is 2.52 bits per heavy atom. The summed E-state index contributed by atoms with van der Waals surface area (Å²) >= 11 is 0. The van der Waals surface area contributed by atoms with Gasteiger partial charge in [0.15, 0.2) is 0 Å². The lowest BCUT2D eigenvalue weighted by atomic mass is 10.0. The molecule has 0 spiro atoms. The van der Waals surface area contributed by atoms with E-state index in [0.29, 0.717) is 5.56 Å². The molecule has 6 nitrogen and oxygen atoms in total. The van der Waals surface area contributed by atoms with Gasteiger partial charge < -0.3 is 16.2 Å². The third-order valence-electron chi connectivity index (χ3n) is 4.34. The fourth-order valence-corrected chi connectivity index (χ4v) is 3.07. The third-order valence-corrected chi connectivity index (χ3v) is 4.34. The molecule has 0 fully saturated rings. The molecule has 1 atom stereocenters. The number of aliphatic carboxylic acids is 1. The van der Waals surface area contributed by atoms with E-state index in [0.717, 1.165) is 23.1 Å². The van der Waals surface area contributed by atoms with E-state index in [1.165, 1.54) is 5.56 Å². The van der Waals surface area contributed by atoms with Crippen molar-refractivity contribution in [2.24, 2.45) is 5.73 Å². The predicted molar refractivity (Wildman–Crippen MR) is 92.0 cm³/mol. The molecule has 2 amide bonds. The number of benzene rings is 2. The average Bonchev–Trinajstić information content (AvgIpc) is 2.95. The van der Waals surface area contributed by atoms with Crippen molar-refractivity contribution >= 4 is 17.8 Å². The summed E-state index contributed by atoms with van der Waals surface area (Å²) in [5.74, 6) is -2.27. The maximum absolute atomic E-state index is 12.4. The smallest absolute Gasteiger partial charge is 0.326 e. The number of amides is 2. The van der Waals surface area contributed by atoms with Crippen LogP contribution in [0, 0.1) is 0 Å². The first kappa shape index (κ1) is 16.7. The predicted octanol–water partition coefficient (Wildman–Crippen LogP) is 1.71. The normalized spacial score (nSPS) is 12.8. The minimum Gasteiger partial charge on any atom is -0.480 e. The Balaban J connectivity index is 1.76. The van der Waals surface area contributed by atoms with Gasteiger partial charge in [-0.1, -0.05) is 30.3 Å². The number of carbonyl (C=O) groups excluding carboxylic acids is 2. The Morgan fingerprint density at radius 1 is 1.08 bits per heavy atom. The number of primary amides is 1. The summed E-state index contributed by atoms with van der Waals surface area (Å²) < 4.78 is 0. The van der Waals surface area contributed by atoms with Crippen LogP contribution in [-0.2, 0) is 16.0 Å². The molecule has 128 valence electrons. The van der Waals surface area contributed by atoms with Gasteiger partial charge in [0, 0.05) is 12.0 Å². The van der Waals surface area contributed by atoms with Gasteiger partial charge in [0.1, 0.15) is 6.04 Å². The summed E-state index contributed by atoms with van der Waals surface area (Å²) in [7, 11) is 0. The third kappa shape index (κ3) is 3.52. The van der Waals surface area contributed by atoms with E-state index in [9.17, 15) is 19.5 Å². The van der Waals surface area contributed by atoms with E-state index in [1.54, 1.807) is 12.1 Å². The van der Waals surface area contributed by atoms with Crippen LogP contribution in [0.1, 0.15) is 34.3 Å². The summed E-state index contributed by atoms with van der Waals surface area (Å²) in [4.78, 5) is 34.5. The SMILES string of the molecule is NC(=O)CC[C@H](NC(=O)c1ccc2c(c1)Cc1ccccc1-2)C(=O)O. The van der Waals surface area contributed by atoms with Crippen LogP contribution in [0.25, 0.3) is 11.1 Å². The molecule has 25 heavy (non-hydrogen) atoms. The largest absolute Gasteiger partial charge is 0.480 e. The lowest BCUT2D eigenvalue weighted by Crippen LogP contribution is -2.41. The van der Waals surface area contributed by atoms with Crippen molar-refractivity contribution in [2.45, 2.75) is 25.3 Å². The fraction of sp³-hybridized carbons (Fsp3) is 0.211. The number of carbonyl (C=O) groups is 3. The number of nitrogens with two attached hydrogens (primary N) is 1. The molecule has 4 N–H and O–H groups in total. The number of carboxylic acid groups (broad SMARTS) is 1. The second kappa shape index (κ2) is 6.76. The molecule has 3 rings (SSSR count). The van der Waals surface area contributed by atoms with E-state index >= 15 is 0 Å². The van der Waals surface area contributed by atoms with Crippen LogP contribution in [0.15, 0.2) is 42.5 Å². The van der Waals surface area contributed by atoms with Crippen molar-refractivity contribution < 1.29 is 19.5 Å². The number of hydrogen-bond acceptors (Lipinski definition) is 3. The highest BCUT2D eigenvalue weighted by atomic mass is 16.4. The fourth-order valence-electron chi connectivity index (χ4n) is 3.07. The van der Waals surface area contributed by atoms with Gasteiger partial charge in [0.05, 0.1) is 0 Å². The number of carboxylic acids is 1. The molecule has 1 aliphatic rings. The lowest BCUT2D eigenvalue weighted by molar-refractivity contribution is -0.139. The van der Waals surface area contributed by atoms with Crippen molar-refractivity contribution in [3.05, 3.63) is 59.2 Å². The second-order valence-electron chi connectivity index (χ2n) is 6.08. The van der Waals surface area contributed by atoms with Gasteiger partial charge in [-0.15, -0.1) is 0 Å². The van der Waals surface area contributed by atoms with E-state index in [1.807, 2.05) is 24.3 Å². The maximum Gasteiger partial charge on any atom is 0.326 e. The van der Waals surface area contributed by atoms with E-state index in [2.05, 4.69) is 11.4 Å². The topological polar surface area (TPSA) is 109 Å². The van der Waals surface area contributed by atoms with E-state index < -0.39 is 23.8 Å². The highest BCUT2D eigenvalue weighted by molar-refractivity contribution is 5.98. The minimum absolute atomic E-state index is 0.0349. The van der Waals surface area contributed by atoms with Gasteiger partial charge in [0.2, 0.25) is 5.91 Å². The second-order valence-corrected chi connectivity index (χ2v) is 6.08. The van der Waals surface area contributed by atoms with Gasteiger partial charge in [-0.2, -0.15) is 0 Å². The quantitative estimate of drug-likeness (QED) is 0.635. The number of nitrogens with one attached hydrogen (secondary N) is 1. The molecule has 1 aliphatic carbocycles. The monoisotopic (exact) mass is 338 g/mol. The molecule has 0 saturated heterocycles. The summed E-state index contributed by atoms with van der Waals surface area (Å²) in [5, 5.41) is 11.6. The van der Waals surface area contributed by atoms with Crippen LogP contribution in [0.3, 0.4) is 0 Å². The Bertz CT molecular complexity index is 860. The maximum atomic E-state index is 12.4. The minimum atomic E-state index is -1.19. The molecule has 0 unspecified atom stereocenters. The molecule has 6 heteroatoms. The molecule has 2 aromatic rings. The first-order valence-electron chi connectivity index (χ1n) is 7.99. The molecule has 2 aromatic carbocycles. The number of hydrogen-bond donors (Lipinski definition) is 3. The Morgan fingerprint density at radius 2 is 1.80 bits per heavy atom. The molecule has 0 radical (unpaired) electrons. The van der Waals surface area contributed by atoms with Gasteiger partial charge in [-0.3, -0.25) is 9.59 Å². The van der Waals surface area contributed by atoms with Crippen molar-refractivity contribution in [3.8, 4) is 11.1 Å². The summed E-state index contributed by atoms with van der Waals surface area (Å²) in [6.07, 6.45) is 0.611. The first-order chi connectivity index (χ1) is 12.0. The average molecular weight is 338 g/mol. The van der Waals surface area contributed by atoms with E-state index in [-0.39, 0.29) is 12.8 Å². The highest BCUT2D eigenvalue weighted by Gasteiger charge is 2.23. The van der Waals surface area contributed by atoms with Crippen LogP contribution in [0.4, 0.5) is 0 Å². The van der Waals surface area contributed by atoms with Crippen LogP contribution < -0.4 is 11.1 Å². The lowest BCUT2D eigenvalue weighted by Gasteiger charge is -2.14. The Kier molecular flexibility index (Phi) is 4.52. The van der Waals surface area contributed by atoms with E-state index in [4.69, 9.17) is 5.73 Å². The zero-order valence-corrected chi connectivity index (χ0v) is 13.5. The van der Waals surface area contributed by atoms with Gasteiger partial charge >= 0.3 is 5.97 Å². The van der Waals surface area contributed by atoms with Gasteiger partial charge in [-0.05, 0) is 47.2 Å². The first-order valence-corrected chi connectivity index (χ1v) is 7.99. The van der Waals surface area contributed by atoms with Crippen LogP contribution in [0.2, 0.25) is 0 Å². The zero-order chi connectivity index (χ0) is 18.0.